The molecule has 1 heterocycles. The highest BCUT2D eigenvalue weighted by Crippen LogP contribution is 2.34. The average molecular weight is 299 g/mol. The Kier molecular flexibility index (Phi) is 3.07. The summed E-state index contributed by atoms with van der Waals surface area (Å²) in [6.45, 7) is 0.387. The normalized spacial score (nSPS) is 13.8. The van der Waals surface area contributed by atoms with E-state index < -0.39 is 10.0 Å². The third-order valence-electron chi connectivity index (χ3n) is 3.51. The molecular weight excluding hydrogens is 286 g/mol. The minimum atomic E-state index is -3.67. The van der Waals surface area contributed by atoms with Crippen LogP contribution >= 0.6 is 0 Å². The minimum absolute atomic E-state index is 0.122. The van der Waals surface area contributed by atoms with Crippen molar-refractivity contribution in [1.29, 1.82) is 5.26 Å². The van der Waals surface area contributed by atoms with Crippen molar-refractivity contribution in [3.8, 4) is 6.07 Å². The Morgan fingerprint density at radius 3 is 2.76 bits per heavy atom. The van der Waals surface area contributed by atoms with Gasteiger partial charge in [-0.25, -0.2) is 8.42 Å². The van der Waals surface area contributed by atoms with Crippen LogP contribution in [0.15, 0.2) is 47.4 Å². The summed E-state index contributed by atoms with van der Waals surface area (Å²) < 4.78 is 26.9. The van der Waals surface area contributed by atoms with Crippen molar-refractivity contribution in [1.82, 2.24) is 0 Å². The smallest absolute Gasteiger partial charge is 0.264 e. The molecular formula is C15H13N3O2S. The molecule has 2 aromatic carbocycles. The van der Waals surface area contributed by atoms with Crippen molar-refractivity contribution in [3.63, 3.8) is 0 Å². The van der Waals surface area contributed by atoms with Gasteiger partial charge in [0.05, 0.1) is 22.2 Å². The van der Waals surface area contributed by atoms with Gasteiger partial charge < -0.3 is 5.73 Å². The van der Waals surface area contributed by atoms with Crippen LogP contribution in [0.3, 0.4) is 0 Å². The van der Waals surface area contributed by atoms with E-state index in [1.54, 1.807) is 24.3 Å². The maximum Gasteiger partial charge on any atom is 0.264 e. The maximum atomic E-state index is 12.8. The van der Waals surface area contributed by atoms with Crippen LogP contribution in [0.2, 0.25) is 0 Å². The number of sulfonamides is 1. The summed E-state index contributed by atoms with van der Waals surface area (Å²) in [7, 11) is -3.67. The van der Waals surface area contributed by atoms with E-state index in [2.05, 4.69) is 0 Å². The first kappa shape index (κ1) is 13.5. The highest BCUT2D eigenvalue weighted by molar-refractivity contribution is 7.92. The molecule has 0 bridgehead atoms. The van der Waals surface area contributed by atoms with E-state index in [0.717, 1.165) is 5.56 Å². The molecule has 21 heavy (non-hydrogen) atoms. The van der Waals surface area contributed by atoms with E-state index in [9.17, 15) is 8.42 Å². The van der Waals surface area contributed by atoms with E-state index in [-0.39, 0.29) is 4.90 Å². The summed E-state index contributed by atoms with van der Waals surface area (Å²) in [6, 6.07) is 13.3. The number of rotatable bonds is 2. The summed E-state index contributed by atoms with van der Waals surface area (Å²) in [6.07, 6.45) is 0.660. The highest BCUT2D eigenvalue weighted by Gasteiger charge is 2.31. The Labute approximate surface area is 123 Å². The Morgan fingerprint density at radius 2 is 2.00 bits per heavy atom. The van der Waals surface area contributed by atoms with Crippen molar-refractivity contribution >= 4 is 21.4 Å². The summed E-state index contributed by atoms with van der Waals surface area (Å²) in [5, 5.41) is 8.91. The number of nitriles is 1. The highest BCUT2D eigenvalue weighted by atomic mass is 32.2. The lowest BCUT2D eigenvalue weighted by molar-refractivity contribution is 0.592. The number of fused-ring (bicyclic) bond motifs is 1. The second-order valence-electron chi connectivity index (χ2n) is 4.85. The molecule has 5 nitrogen and oxygen atoms in total. The van der Waals surface area contributed by atoms with Gasteiger partial charge in [0.2, 0.25) is 0 Å². The van der Waals surface area contributed by atoms with Crippen LogP contribution in [-0.4, -0.2) is 15.0 Å². The molecule has 0 atom stereocenters. The predicted octanol–water partition coefficient (Wildman–Crippen LogP) is 1.89. The Balaban J connectivity index is 2.09. The van der Waals surface area contributed by atoms with Crippen LogP contribution in [0.25, 0.3) is 0 Å². The van der Waals surface area contributed by atoms with Crippen LogP contribution in [0.5, 0.6) is 0 Å². The van der Waals surface area contributed by atoms with Gasteiger partial charge in [-0.05, 0) is 42.3 Å². The molecule has 0 saturated heterocycles. The lowest BCUT2D eigenvalue weighted by Crippen LogP contribution is -2.29. The van der Waals surface area contributed by atoms with Crippen LogP contribution in [0.4, 0.5) is 11.4 Å². The van der Waals surface area contributed by atoms with E-state index >= 15 is 0 Å². The minimum Gasteiger partial charge on any atom is -0.399 e. The molecule has 2 aromatic rings. The SMILES string of the molecule is N#Cc1cccc(S(=O)(=O)N2CCc3ccc(N)cc32)c1. The van der Waals surface area contributed by atoms with Gasteiger partial charge in [0.25, 0.3) is 10.0 Å². The van der Waals surface area contributed by atoms with Crippen LogP contribution in [0.1, 0.15) is 11.1 Å². The number of anilines is 2. The molecule has 3 rings (SSSR count). The average Bonchev–Trinajstić information content (AvgIpc) is 2.91. The standard InChI is InChI=1S/C15H13N3O2S/c16-10-11-2-1-3-14(8-11)21(19,20)18-7-6-12-4-5-13(17)9-15(12)18/h1-5,8-9H,6-7,17H2. The first-order valence-electron chi connectivity index (χ1n) is 6.44. The zero-order valence-corrected chi connectivity index (χ0v) is 12.0. The molecule has 0 fully saturated rings. The number of benzene rings is 2. The Hall–Kier alpha value is -2.52. The van der Waals surface area contributed by atoms with E-state index in [0.29, 0.717) is 29.9 Å². The summed E-state index contributed by atoms with van der Waals surface area (Å²) in [5.74, 6) is 0. The molecule has 0 saturated carbocycles. The fourth-order valence-corrected chi connectivity index (χ4v) is 4.01. The zero-order valence-electron chi connectivity index (χ0n) is 11.2. The van der Waals surface area contributed by atoms with Crippen molar-refractivity contribution in [2.45, 2.75) is 11.3 Å². The lowest BCUT2D eigenvalue weighted by Gasteiger charge is -2.20. The largest absolute Gasteiger partial charge is 0.399 e. The first-order chi connectivity index (χ1) is 10.0. The fraction of sp³-hybridized carbons (Fsp3) is 0.133. The van der Waals surface area contributed by atoms with Crippen LogP contribution < -0.4 is 10.0 Å². The van der Waals surface area contributed by atoms with Crippen LogP contribution in [0, 0.1) is 11.3 Å². The van der Waals surface area contributed by atoms with Gasteiger partial charge >= 0.3 is 0 Å². The first-order valence-corrected chi connectivity index (χ1v) is 7.88. The quantitative estimate of drug-likeness (QED) is 0.858. The van der Waals surface area contributed by atoms with E-state index in [1.165, 1.54) is 16.4 Å². The summed E-state index contributed by atoms with van der Waals surface area (Å²) in [5.41, 5.74) is 8.19. The second-order valence-corrected chi connectivity index (χ2v) is 6.72. The molecule has 0 radical (unpaired) electrons. The molecule has 0 aliphatic carbocycles. The predicted molar refractivity (Wildman–Crippen MR) is 80.2 cm³/mol. The number of nitrogens with two attached hydrogens (primary N) is 1. The molecule has 1 aliphatic heterocycles. The van der Waals surface area contributed by atoms with E-state index in [1.807, 2.05) is 12.1 Å². The van der Waals surface area contributed by atoms with Gasteiger partial charge in [0.1, 0.15) is 0 Å². The Bertz CT molecular complexity index is 853. The third kappa shape index (κ3) is 2.22. The summed E-state index contributed by atoms with van der Waals surface area (Å²) in [4.78, 5) is 0.122. The molecule has 0 spiro atoms. The van der Waals surface area contributed by atoms with Crippen molar-refractivity contribution in [2.24, 2.45) is 0 Å². The topological polar surface area (TPSA) is 87.2 Å². The molecule has 0 amide bonds. The Morgan fingerprint density at radius 1 is 1.19 bits per heavy atom. The van der Waals surface area contributed by atoms with Gasteiger partial charge in [-0.15, -0.1) is 0 Å². The second kappa shape index (κ2) is 4.79. The molecule has 2 N–H and O–H groups in total. The van der Waals surface area contributed by atoms with Gasteiger partial charge in [0, 0.05) is 12.2 Å². The van der Waals surface area contributed by atoms with Gasteiger partial charge in [-0.1, -0.05) is 12.1 Å². The van der Waals surface area contributed by atoms with Crippen LogP contribution in [-0.2, 0) is 16.4 Å². The number of hydrogen-bond acceptors (Lipinski definition) is 4. The number of hydrogen-bond donors (Lipinski definition) is 1. The van der Waals surface area contributed by atoms with Crippen molar-refractivity contribution in [2.75, 3.05) is 16.6 Å². The maximum absolute atomic E-state index is 12.8. The van der Waals surface area contributed by atoms with Gasteiger partial charge in [-0.3, -0.25) is 4.31 Å². The van der Waals surface area contributed by atoms with Gasteiger partial charge in [-0.2, -0.15) is 5.26 Å². The van der Waals surface area contributed by atoms with Crippen molar-refractivity contribution in [3.05, 3.63) is 53.6 Å². The number of nitrogen functional groups attached to an aromatic ring is 1. The van der Waals surface area contributed by atoms with Gasteiger partial charge in [0.15, 0.2) is 0 Å². The summed E-state index contributed by atoms with van der Waals surface area (Å²) >= 11 is 0. The van der Waals surface area contributed by atoms with E-state index in [4.69, 9.17) is 11.0 Å². The molecule has 0 aromatic heterocycles. The molecule has 0 unspecified atom stereocenters. The molecule has 1 aliphatic rings. The molecule has 6 heteroatoms. The lowest BCUT2D eigenvalue weighted by atomic mass is 10.1. The van der Waals surface area contributed by atoms with Crippen molar-refractivity contribution < 1.29 is 8.42 Å². The monoisotopic (exact) mass is 299 g/mol. The third-order valence-corrected chi connectivity index (χ3v) is 5.32. The zero-order chi connectivity index (χ0) is 15.0. The number of nitrogens with zero attached hydrogens (tertiary/aromatic N) is 2. The molecule has 106 valence electrons. The fourth-order valence-electron chi connectivity index (χ4n) is 2.47.